The van der Waals surface area contributed by atoms with Crippen molar-refractivity contribution in [2.24, 2.45) is 0 Å². The van der Waals surface area contributed by atoms with Gasteiger partial charge in [-0.2, -0.15) is 0 Å². The van der Waals surface area contributed by atoms with E-state index in [1.807, 2.05) is 26.1 Å². The number of anilines is 1. The predicted octanol–water partition coefficient (Wildman–Crippen LogP) is 3.19. The zero-order valence-corrected chi connectivity index (χ0v) is 13.2. The molecule has 1 N–H and O–H groups in total. The number of hydrogen-bond donors (Lipinski definition) is 1. The van der Waals surface area contributed by atoms with E-state index in [9.17, 15) is 8.42 Å². The molecule has 2 aromatic rings. The summed E-state index contributed by atoms with van der Waals surface area (Å²) in [6.45, 7) is 4.57. The topological polar surface area (TPSA) is 59.1 Å². The van der Waals surface area contributed by atoms with Crippen LogP contribution in [0.5, 0.6) is 0 Å². The lowest BCUT2D eigenvalue weighted by Gasteiger charge is -2.09. The van der Waals surface area contributed by atoms with Crippen LogP contribution in [0.3, 0.4) is 0 Å². The van der Waals surface area contributed by atoms with Gasteiger partial charge in [0, 0.05) is 24.6 Å². The lowest BCUT2D eigenvalue weighted by atomic mass is 10.1. The van der Waals surface area contributed by atoms with Crippen LogP contribution in [0.25, 0.3) is 0 Å². The molecule has 0 atom stereocenters. The van der Waals surface area contributed by atoms with Crippen LogP contribution in [-0.2, 0) is 16.4 Å². The molecule has 0 aliphatic heterocycles. The van der Waals surface area contributed by atoms with Gasteiger partial charge in [-0.15, -0.1) is 0 Å². The lowest BCUT2D eigenvalue weighted by molar-refractivity contribution is 0.595. The Morgan fingerprint density at radius 1 is 1.14 bits per heavy atom. The quantitative estimate of drug-likeness (QED) is 0.890. The van der Waals surface area contributed by atoms with Crippen molar-refractivity contribution in [2.45, 2.75) is 31.7 Å². The summed E-state index contributed by atoms with van der Waals surface area (Å²) in [5, 5.41) is 3.29. The number of nitrogens with zero attached hydrogens (tertiary/aromatic N) is 1. The lowest BCUT2D eigenvalue weighted by Crippen LogP contribution is -2.06. The van der Waals surface area contributed by atoms with E-state index in [1.54, 1.807) is 30.5 Å². The van der Waals surface area contributed by atoms with E-state index in [2.05, 4.69) is 10.3 Å². The van der Waals surface area contributed by atoms with Gasteiger partial charge in [0.05, 0.1) is 10.6 Å². The second kappa shape index (κ2) is 6.72. The molecule has 0 aliphatic rings. The summed E-state index contributed by atoms with van der Waals surface area (Å²) in [5.41, 5.74) is 3.21. The summed E-state index contributed by atoms with van der Waals surface area (Å²) in [4.78, 5) is 4.45. The Labute approximate surface area is 126 Å². The fraction of sp³-hybridized carbons (Fsp3) is 0.312. The molecule has 4 nitrogen and oxygen atoms in total. The fourth-order valence-corrected chi connectivity index (χ4v) is 3.39. The van der Waals surface area contributed by atoms with Gasteiger partial charge in [-0.1, -0.05) is 6.92 Å². The zero-order chi connectivity index (χ0) is 15.3. The molecule has 0 unspecified atom stereocenters. The predicted molar refractivity (Wildman–Crippen MR) is 85.1 cm³/mol. The summed E-state index contributed by atoms with van der Waals surface area (Å²) in [5.74, 6) is 0.190. The first-order chi connectivity index (χ1) is 10.0. The minimum atomic E-state index is -3.14. The van der Waals surface area contributed by atoms with Crippen molar-refractivity contribution in [3.63, 3.8) is 0 Å². The third-order valence-corrected chi connectivity index (χ3v) is 5.24. The summed E-state index contributed by atoms with van der Waals surface area (Å²) in [6.07, 6.45) is 4.23. The summed E-state index contributed by atoms with van der Waals surface area (Å²) in [7, 11) is -3.14. The van der Waals surface area contributed by atoms with E-state index in [0.29, 0.717) is 17.9 Å². The summed E-state index contributed by atoms with van der Waals surface area (Å²) in [6, 6.07) is 8.90. The van der Waals surface area contributed by atoms with Crippen LogP contribution >= 0.6 is 0 Å². The van der Waals surface area contributed by atoms with Gasteiger partial charge < -0.3 is 5.32 Å². The van der Waals surface area contributed by atoms with E-state index in [-0.39, 0.29) is 5.75 Å². The summed E-state index contributed by atoms with van der Waals surface area (Å²) >= 11 is 0. The number of benzene rings is 1. The molecule has 0 saturated carbocycles. The first-order valence-electron chi connectivity index (χ1n) is 6.99. The third kappa shape index (κ3) is 4.04. The fourth-order valence-electron chi connectivity index (χ4n) is 2.06. The Hall–Kier alpha value is -1.88. The van der Waals surface area contributed by atoms with Crippen molar-refractivity contribution in [3.05, 3.63) is 53.9 Å². The maximum Gasteiger partial charge on any atom is 0.178 e. The molecular formula is C16H20N2O2S. The van der Waals surface area contributed by atoms with Gasteiger partial charge in [-0.05, 0) is 54.8 Å². The normalized spacial score (nSPS) is 11.3. The third-order valence-electron chi connectivity index (χ3n) is 3.31. The number of aromatic nitrogens is 1. The Bertz CT molecular complexity index is 694. The van der Waals surface area contributed by atoms with E-state index in [0.717, 1.165) is 11.3 Å². The first kappa shape index (κ1) is 15.5. The number of hydrogen-bond acceptors (Lipinski definition) is 4. The van der Waals surface area contributed by atoms with Crippen molar-refractivity contribution in [3.8, 4) is 0 Å². The molecule has 2 rings (SSSR count). The molecule has 0 spiro atoms. The van der Waals surface area contributed by atoms with E-state index >= 15 is 0 Å². The second-order valence-corrected chi connectivity index (χ2v) is 7.11. The average Bonchev–Trinajstić information content (AvgIpc) is 2.47. The standard InChI is InChI=1S/C16H20N2O2S/c1-3-10-21(19,20)16-6-4-15(5-7-16)18-12-14-8-9-17-11-13(14)2/h4-9,11,18H,3,10,12H2,1-2H3. The highest BCUT2D eigenvalue weighted by atomic mass is 32.2. The molecule has 112 valence electrons. The number of aryl methyl sites for hydroxylation is 1. The number of rotatable bonds is 6. The molecule has 0 amide bonds. The molecule has 1 heterocycles. The molecule has 0 fully saturated rings. The molecule has 21 heavy (non-hydrogen) atoms. The highest BCUT2D eigenvalue weighted by Crippen LogP contribution is 2.17. The van der Waals surface area contributed by atoms with Crippen LogP contribution in [0, 0.1) is 6.92 Å². The number of nitrogens with one attached hydrogen (secondary N) is 1. The van der Waals surface area contributed by atoms with E-state index in [4.69, 9.17) is 0 Å². The SMILES string of the molecule is CCCS(=O)(=O)c1ccc(NCc2ccncc2C)cc1. The molecule has 0 radical (unpaired) electrons. The van der Waals surface area contributed by atoms with Gasteiger partial charge in [0.2, 0.25) is 0 Å². The Morgan fingerprint density at radius 2 is 1.86 bits per heavy atom. The molecular weight excluding hydrogens is 284 g/mol. The van der Waals surface area contributed by atoms with Crippen LogP contribution in [0.1, 0.15) is 24.5 Å². The highest BCUT2D eigenvalue weighted by Gasteiger charge is 2.12. The van der Waals surface area contributed by atoms with Gasteiger partial charge in [0.25, 0.3) is 0 Å². The van der Waals surface area contributed by atoms with Crippen LogP contribution in [-0.4, -0.2) is 19.2 Å². The summed E-state index contributed by atoms with van der Waals surface area (Å²) < 4.78 is 23.9. The van der Waals surface area contributed by atoms with Gasteiger partial charge >= 0.3 is 0 Å². The Balaban J connectivity index is 2.05. The Morgan fingerprint density at radius 3 is 2.48 bits per heavy atom. The van der Waals surface area contributed by atoms with Gasteiger partial charge in [0.1, 0.15) is 0 Å². The van der Waals surface area contributed by atoms with Crippen LogP contribution in [0.4, 0.5) is 5.69 Å². The maximum absolute atomic E-state index is 11.9. The Kier molecular flexibility index (Phi) is 4.96. The monoisotopic (exact) mass is 304 g/mol. The second-order valence-electron chi connectivity index (χ2n) is 5.00. The highest BCUT2D eigenvalue weighted by molar-refractivity contribution is 7.91. The minimum absolute atomic E-state index is 0.190. The zero-order valence-electron chi connectivity index (χ0n) is 12.3. The van der Waals surface area contributed by atoms with Crippen molar-refractivity contribution >= 4 is 15.5 Å². The average molecular weight is 304 g/mol. The van der Waals surface area contributed by atoms with E-state index in [1.165, 1.54) is 5.56 Å². The molecule has 0 saturated heterocycles. The van der Waals surface area contributed by atoms with Gasteiger partial charge in [-0.3, -0.25) is 4.98 Å². The van der Waals surface area contributed by atoms with Crippen molar-refractivity contribution < 1.29 is 8.42 Å². The van der Waals surface area contributed by atoms with Crippen molar-refractivity contribution in [2.75, 3.05) is 11.1 Å². The molecule has 0 aliphatic carbocycles. The molecule has 5 heteroatoms. The van der Waals surface area contributed by atoms with Crippen LogP contribution < -0.4 is 5.32 Å². The molecule has 0 bridgehead atoms. The molecule has 1 aromatic carbocycles. The van der Waals surface area contributed by atoms with E-state index < -0.39 is 9.84 Å². The largest absolute Gasteiger partial charge is 0.381 e. The molecule has 1 aromatic heterocycles. The first-order valence-corrected chi connectivity index (χ1v) is 8.64. The maximum atomic E-state index is 11.9. The number of sulfone groups is 1. The van der Waals surface area contributed by atoms with Gasteiger partial charge in [-0.25, -0.2) is 8.42 Å². The van der Waals surface area contributed by atoms with Crippen molar-refractivity contribution in [1.29, 1.82) is 0 Å². The number of pyridine rings is 1. The van der Waals surface area contributed by atoms with Crippen LogP contribution in [0.15, 0.2) is 47.6 Å². The van der Waals surface area contributed by atoms with Crippen LogP contribution in [0.2, 0.25) is 0 Å². The van der Waals surface area contributed by atoms with Crippen molar-refractivity contribution in [1.82, 2.24) is 4.98 Å². The van der Waals surface area contributed by atoms with Gasteiger partial charge in [0.15, 0.2) is 9.84 Å². The smallest absolute Gasteiger partial charge is 0.178 e. The minimum Gasteiger partial charge on any atom is -0.381 e.